The number of nitrogens with zero attached hydrogens (tertiary/aromatic N) is 2. The fourth-order valence-electron chi connectivity index (χ4n) is 3.27. The largest absolute Gasteiger partial charge is 0.469 e. The first kappa shape index (κ1) is 19.7. The Morgan fingerprint density at radius 2 is 2.00 bits per heavy atom. The molecule has 0 aliphatic carbocycles. The molecule has 5 nitrogen and oxygen atoms in total. The highest BCUT2D eigenvalue weighted by Crippen LogP contribution is 2.19. The summed E-state index contributed by atoms with van der Waals surface area (Å²) in [5, 5.41) is 7.10. The van der Waals surface area contributed by atoms with E-state index in [1.54, 1.807) is 6.26 Å². The van der Waals surface area contributed by atoms with Crippen molar-refractivity contribution in [3.63, 3.8) is 0 Å². The van der Waals surface area contributed by atoms with Crippen LogP contribution in [0.25, 0.3) is 0 Å². The Kier molecular flexibility index (Phi) is 7.96. The highest BCUT2D eigenvalue weighted by atomic mass is 32.2. The van der Waals surface area contributed by atoms with E-state index in [0.29, 0.717) is 6.04 Å². The van der Waals surface area contributed by atoms with Crippen LogP contribution in [0.15, 0.2) is 58.1 Å². The minimum Gasteiger partial charge on any atom is -0.469 e. The van der Waals surface area contributed by atoms with Gasteiger partial charge >= 0.3 is 0 Å². The second-order valence-corrected chi connectivity index (χ2v) is 7.71. The Morgan fingerprint density at radius 3 is 2.70 bits per heavy atom. The molecule has 1 aliphatic rings. The highest BCUT2D eigenvalue weighted by molar-refractivity contribution is 7.98. The van der Waals surface area contributed by atoms with Crippen molar-refractivity contribution in [3.05, 3.63) is 54.5 Å². The third kappa shape index (κ3) is 6.54. The number of thioether (sulfide) groups is 1. The maximum atomic E-state index is 5.41. The average molecular weight is 387 g/mol. The molecule has 2 heterocycles. The summed E-state index contributed by atoms with van der Waals surface area (Å²) >= 11 is 1.83. The number of furan rings is 1. The number of aliphatic imine (C=N–C) groups is 1. The number of anilines is 1. The minimum atomic E-state index is 0.467. The Balaban J connectivity index is 1.47. The summed E-state index contributed by atoms with van der Waals surface area (Å²) in [5.41, 5.74) is 1.32. The molecule has 1 saturated heterocycles. The van der Waals surface area contributed by atoms with E-state index in [2.05, 4.69) is 52.1 Å². The molecule has 3 rings (SSSR count). The van der Waals surface area contributed by atoms with Crippen LogP contribution >= 0.6 is 11.8 Å². The number of hydrogen-bond acceptors (Lipinski definition) is 4. The number of piperidine rings is 1. The third-order valence-corrected chi connectivity index (χ3v) is 5.36. The molecule has 0 amide bonds. The highest BCUT2D eigenvalue weighted by Gasteiger charge is 2.20. The van der Waals surface area contributed by atoms with Crippen molar-refractivity contribution >= 4 is 23.4 Å². The standard InChI is InChI=1S/C21H30N4OS/c1-27-17-13-23-21(22-12-9-20-8-5-16-26-20)24-18-10-14-25(15-11-18)19-6-3-2-4-7-19/h2-8,16,18H,9-15,17H2,1H3,(H2,22,23,24). The fraction of sp³-hybridized carbons (Fsp3) is 0.476. The summed E-state index contributed by atoms with van der Waals surface area (Å²) in [7, 11) is 0. The van der Waals surface area contributed by atoms with Crippen LogP contribution in [0.1, 0.15) is 18.6 Å². The Bertz CT molecular complexity index is 667. The normalized spacial score (nSPS) is 15.7. The number of benzene rings is 1. The number of hydrogen-bond donors (Lipinski definition) is 2. The molecule has 146 valence electrons. The number of rotatable bonds is 8. The van der Waals surface area contributed by atoms with E-state index < -0.39 is 0 Å². The summed E-state index contributed by atoms with van der Waals surface area (Å²) in [6.45, 7) is 3.81. The molecular formula is C21H30N4OS. The topological polar surface area (TPSA) is 52.8 Å². The van der Waals surface area contributed by atoms with Crippen molar-refractivity contribution in [1.29, 1.82) is 0 Å². The first-order chi connectivity index (χ1) is 13.3. The van der Waals surface area contributed by atoms with Gasteiger partial charge in [0.1, 0.15) is 5.76 Å². The monoisotopic (exact) mass is 386 g/mol. The number of para-hydroxylation sites is 1. The van der Waals surface area contributed by atoms with Crippen molar-refractivity contribution in [1.82, 2.24) is 10.6 Å². The zero-order chi connectivity index (χ0) is 18.7. The summed E-state index contributed by atoms with van der Waals surface area (Å²) in [5.74, 6) is 2.97. The molecule has 0 atom stereocenters. The predicted octanol–water partition coefficient (Wildman–Crippen LogP) is 3.39. The van der Waals surface area contributed by atoms with E-state index in [1.807, 2.05) is 23.9 Å². The van der Waals surface area contributed by atoms with Gasteiger partial charge in [0.05, 0.1) is 12.8 Å². The summed E-state index contributed by atoms with van der Waals surface area (Å²) < 4.78 is 5.41. The molecule has 27 heavy (non-hydrogen) atoms. The van der Waals surface area contributed by atoms with Gasteiger partial charge in [-0.15, -0.1) is 0 Å². The molecule has 2 aromatic rings. The van der Waals surface area contributed by atoms with Crippen LogP contribution in [0, 0.1) is 0 Å². The van der Waals surface area contributed by atoms with Gasteiger partial charge in [-0.2, -0.15) is 11.8 Å². The van der Waals surface area contributed by atoms with Gasteiger partial charge in [-0.3, -0.25) is 4.99 Å². The van der Waals surface area contributed by atoms with Gasteiger partial charge < -0.3 is 20.0 Å². The Labute approximate surface area is 166 Å². The van der Waals surface area contributed by atoms with Gasteiger partial charge in [-0.05, 0) is 43.4 Å². The third-order valence-electron chi connectivity index (χ3n) is 4.77. The van der Waals surface area contributed by atoms with Gasteiger partial charge in [0, 0.05) is 43.5 Å². The van der Waals surface area contributed by atoms with Crippen LogP contribution < -0.4 is 15.5 Å². The van der Waals surface area contributed by atoms with Crippen molar-refractivity contribution in [2.45, 2.75) is 25.3 Å². The second kappa shape index (κ2) is 10.9. The molecule has 1 aromatic heterocycles. The molecule has 6 heteroatoms. The maximum absolute atomic E-state index is 5.41. The molecular weight excluding hydrogens is 356 g/mol. The zero-order valence-corrected chi connectivity index (χ0v) is 16.9. The van der Waals surface area contributed by atoms with E-state index in [9.17, 15) is 0 Å². The zero-order valence-electron chi connectivity index (χ0n) is 16.1. The van der Waals surface area contributed by atoms with E-state index in [4.69, 9.17) is 9.41 Å². The average Bonchev–Trinajstić information content (AvgIpc) is 3.23. The summed E-state index contributed by atoms with van der Waals surface area (Å²) in [6.07, 6.45) is 6.95. The first-order valence-electron chi connectivity index (χ1n) is 9.71. The molecule has 0 bridgehead atoms. The van der Waals surface area contributed by atoms with Crippen LogP contribution in [0.4, 0.5) is 5.69 Å². The molecule has 2 N–H and O–H groups in total. The van der Waals surface area contributed by atoms with Crippen LogP contribution in [0.5, 0.6) is 0 Å². The fourth-order valence-corrected chi connectivity index (χ4v) is 3.55. The lowest BCUT2D eigenvalue weighted by atomic mass is 10.0. The predicted molar refractivity (Wildman–Crippen MR) is 116 cm³/mol. The molecule has 0 radical (unpaired) electrons. The lowest BCUT2D eigenvalue weighted by molar-refractivity contribution is 0.460. The van der Waals surface area contributed by atoms with Crippen LogP contribution in [-0.4, -0.2) is 50.2 Å². The van der Waals surface area contributed by atoms with E-state index in [1.165, 1.54) is 5.69 Å². The lowest BCUT2D eigenvalue weighted by Crippen LogP contribution is -2.49. The van der Waals surface area contributed by atoms with Gasteiger partial charge in [0.2, 0.25) is 0 Å². The van der Waals surface area contributed by atoms with E-state index in [-0.39, 0.29) is 0 Å². The molecule has 1 aromatic carbocycles. The van der Waals surface area contributed by atoms with Gasteiger partial charge in [0.15, 0.2) is 5.96 Å². The van der Waals surface area contributed by atoms with E-state index in [0.717, 1.165) is 62.9 Å². The second-order valence-electron chi connectivity index (χ2n) is 6.72. The quantitative estimate of drug-likeness (QED) is 0.414. The van der Waals surface area contributed by atoms with Gasteiger partial charge in [-0.1, -0.05) is 18.2 Å². The number of guanidine groups is 1. The SMILES string of the molecule is CSCCN=C(NCCc1ccco1)NC1CCN(c2ccccc2)CC1. The minimum absolute atomic E-state index is 0.467. The summed E-state index contributed by atoms with van der Waals surface area (Å²) in [4.78, 5) is 7.20. The maximum Gasteiger partial charge on any atom is 0.191 e. The van der Waals surface area contributed by atoms with Crippen molar-refractivity contribution in [3.8, 4) is 0 Å². The molecule has 0 unspecified atom stereocenters. The smallest absolute Gasteiger partial charge is 0.191 e. The first-order valence-corrected chi connectivity index (χ1v) is 11.1. The molecule has 1 aliphatic heterocycles. The Morgan fingerprint density at radius 1 is 1.19 bits per heavy atom. The van der Waals surface area contributed by atoms with Crippen molar-refractivity contribution in [2.75, 3.05) is 43.1 Å². The summed E-state index contributed by atoms with van der Waals surface area (Å²) in [6, 6.07) is 15.1. The molecule has 0 saturated carbocycles. The van der Waals surface area contributed by atoms with Crippen LogP contribution in [0.2, 0.25) is 0 Å². The van der Waals surface area contributed by atoms with E-state index >= 15 is 0 Å². The lowest BCUT2D eigenvalue weighted by Gasteiger charge is -2.34. The van der Waals surface area contributed by atoms with Crippen LogP contribution in [-0.2, 0) is 6.42 Å². The van der Waals surface area contributed by atoms with Crippen molar-refractivity contribution in [2.24, 2.45) is 4.99 Å². The molecule has 1 fully saturated rings. The number of nitrogens with one attached hydrogen (secondary N) is 2. The Hall–Kier alpha value is -2.08. The van der Waals surface area contributed by atoms with Crippen LogP contribution in [0.3, 0.4) is 0 Å². The van der Waals surface area contributed by atoms with Gasteiger partial charge in [-0.25, -0.2) is 0 Å². The van der Waals surface area contributed by atoms with Crippen molar-refractivity contribution < 1.29 is 4.42 Å². The van der Waals surface area contributed by atoms with Gasteiger partial charge in [0.25, 0.3) is 0 Å². The molecule has 0 spiro atoms.